The largest absolute Gasteiger partial charge is 0.489 e. The Bertz CT molecular complexity index is 772. The topological polar surface area (TPSA) is 42.1 Å². The summed E-state index contributed by atoms with van der Waals surface area (Å²) in [5, 5.41) is 0. The number of allylic oxidation sites excluding steroid dienone is 1. The number of aromatic amines is 1. The summed E-state index contributed by atoms with van der Waals surface area (Å²) in [6, 6.07) is 21.3. The highest BCUT2D eigenvalue weighted by atomic mass is 16.5. The van der Waals surface area contributed by atoms with E-state index in [1.54, 1.807) is 30.5 Å². The second-order valence-electron chi connectivity index (χ2n) is 5.12. The van der Waals surface area contributed by atoms with Crippen molar-refractivity contribution in [2.45, 2.75) is 6.61 Å². The van der Waals surface area contributed by atoms with E-state index >= 15 is 0 Å². The monoisotopic (exact) mass is 303 g/mol. The summed E-state index contributed by atoms with van der Waals surface area (Å²) in [6.07, 6.45) is 5.09. The molecule has 0 aliphatic heterocycles. The smallest absolute Gasteiger partial charge is 0.201 e. The second kappa shape index (κ2) is 7.27. The Morgan fingerprint density at radius 3 is 2.43 bits per heavy atom. The number of benzene rings is 2. The Morgan fingerprint density at radius 2 is 1.74 bits per heavy atom. The molecule has 0 aliphatic carbocycles. The maximum Gasteiger partial charge on any atom is 0.201 e. The molecule has 1 aromatic heterocycles. The second-order valence-corrected chi connectivity index (χ2v) is 5.12. The predicted molar refractivity (Wildman–Crippen MR) is 91.4 cm³/mol. The van der Waals surface area contributed by atoms with Gasteiger partial charge in [0, 0.05) is 6.20 Å². The van der Waals surface area contributed by atoms with E-state index in [1.165, 1.54) is 0 Å². The fourth-order valence-electron chi connectivity index (χ4n) is 2.16. The molecule has 0 saturated heterocycles. The molecular formula is C20H17NO2. The van der Waals surface area contributed by atoms with Crippen LogP contribution in [0.15, 0.2) is 79.0 Å². The zero-order chi connectivity index (χ0) is 15.9. The fraction of sp³-hybridized carbons (Fsp3) is 0.0500. The van der Waals surface area contributed by atoms with Gasteiger partial charge in [-0.05, 0) is 41.5 Å². The summed E-state index contributed by atoms with van der Waals surface area (Å²) in [4.78, 5) is 14.8. The van der Waals surface area contributed by atoms with Crippen LogP contribution in [0.5, 0.6) is 5.75 Å². The van der Waals surface area contributed by atoms with E-state index in [0.29, 0.717) is 12.3 Å². The summed E-state index contributed by atoms with van der Waals surface area (Å²) >= 11 is 0. The number of aromatic nitrogens is 1. The number of H-pyrrole nitrogens is 1. The number of nitrogens with one attached hydrogen (secondary N) is 1. The van der Waals surface area contributed by atoms with Crippen LogP contribution >= 0.6 is 0 Å². The molecule has 2 aromatic carbocycles. The van der Waals surface area contributed by atoms with Crippen LogP contribution in [0.2, 0.25) is 0 Å². The molecule has 0 atom stereocenters. The lowest BCUT2D eigenvalue weighted by Crippen LogP contribution is -1.95. The molecule has 1 heterocycles. The molecule has 3 heteroatoms. The maximum absolute atomic E-state index is 11.9. The van der Waals surface area contributed by atoms with Gasteiger partial charge >= 0.3 is 0 Å². The van der Waals surface area contributed by atoms with Gasteiger partial charge in [0.1, 0.15) is 12.4 Å². The van der Waals surface area contributed by atoms with Gasteiger partial charge in [-0.3, -0.25) is 4.79 Å². The van der Waals surface area contributed by atoms with Crippen molar-refractivity contribution in [2.24, 2.45) is 0 Å². The molecule has 3 rings (SSSR count). The normalized spacial score (nSPS) is 10.8. The van der Waals surface area contributed by atoms with Gasteiger partial charge in [-0.15, -0.1) is 0 Å². The summed E-state index contributed by atoms with van der Waals surface area (Å²) in [5.74, 6) is 0.765. The minimum atomic E-state index is -0.0422. The molecule has 0 unspecified atom stereocenters. The van der Waals surface area contributed by atoms with E-state index in [-0.39, 0.29) is 5.78 Å². The zero-order valence-corrected chi connectivity index (χ0v) is 12.6. The van der Waals surface area contributed by atoms with Crippen molar-refractivity contribution in [2.75, 3.05) is 0 Å². The molecule has 0 spiro atoms. The quantitative estimate of drug-likeness (QED) is 0.538. The Labute approximate surface area is 135 Å². The molecule has 23 heavy (non-hydrogen) atoms. The summed E-state index contributed by atoms with van der Waals surface area (Å²) in [6.45, 7) is 0.543. The zero-order valence-electron chi connectivity index (χ0n) is 12.6. The van der Waals surface area contributed by atoms with Gasteiger partial charge < -0.3 is 9.72 Å². The maximum atomic E-state index is 11.9. The Balaban J connectivity index is 1.57. The van der Waals surface area contributed by atoms with Crippen molar-refractivity contribution < 1.29 is 9.53 Å². The van der Waals surface area contributed by atoms with Crippen LogP contribution in [-0.4, -0.2) is 10.8 Å². The highest BCUT2D eigenvalue weighted by Crippen LogP contribution is 2.15. The lowest BCUT2D eigenvalue weighted by Gasteiger charge is -2.06. The van der Waals surface area contributed by atoms with E-state index in [9.17, 15) is 4.79 Å². The number of carbonyl (C=O) groups excluding carboxylic acids is 1. The first kappa shape index (κ1) is 14.9. The third-order valence-corrected chi connectivity index (χ3v) is 3.42. The Kier molecular flexibility index (Phi) is 4.69. The first-order valence-corrected chi connectivity index (χ1v) is 7.44. The van der Waals surface area contributed by atoms with Crippen molar-refractivity contribution in [3.05, 3.63) is 95.8 Å². The molecule has 0 bridgehead atoms. The molecule has 0 radical (unpaired) electrons. The van der Waals surface area contributed by atoms with Crippen LogP contribution < -0.4 is 4.74 Å². The van der Waals surface area contributed by atoms with E-state index in [1.807, 2.05) is 54.6 Å². The van der Waals surface area contributed by atoms with E-state index in [4.69, 9.17) is 4.74 Å². The Morgan fingerprint density at radius 1 is 0.957 bits per heavy atom. The van der Waals surface area contributed by atoms with E-state index in [2.05, 4.69) is 4.98 Å². The lowest BCUT2D eigenvalue weighted by atomic mass is 10.1. The molecule has 0 aliphatic rings. The van der Waals surface area contributed by atoms with E-state index < -0.39 is 0 Å². The number of ether oxygens (including phenoxy) is 1. The number of carbonyl (C=O) groups is 1. The third-order valence-electron chi connectivity index (χ3n) is 3.42. The van der Waals surface area contributed by atoms with Crippen LogP contribution in [0.3, 0.4) is 0 Å². The van der Waals surface area contributed by atoms with Gasteiger partial charge in [-0.1, -0.05) is 48.5 Å². The van der Waals surface area contributed by atoms with Crippen molar-refractivity contribution in [3.63, 3.8) is 0 Å². The molecule has 3 nitrogen and oxygen atoms in total. The van der Waals surface area contributed by atoms with Crippen LogP contribution in [0.25, 0.3) is 6.08 Å². The van der Waals surface area contributed by atoms with Gasteiger partial charge in [0.25, 0.3) is 0 Å². The van der Waals surface area contributed by atoms with Gasteiger partial charge in [-0.2, -0.15) is 0 Å². The van der Waals surface area contributed by atoms with Crippen molar-refractivity contribution in [1.82, 2.24) is 4.98 Å². The summed E-state index contributed by atoms with van der Waals surface area (Å²) in [7, 11) is 0. The standard InChI is InChI=1S/C20H17NO2/c22-20(19-7-4-14-21-19)13-10-16-8-11-18(12-9-16)23-15-17-5-2-1-3-6-17/h1-14,21H,15H2/b13-10+. The fourth-order valence-corrected chi connectivity index (χ4v) is 2.16. The van der Waals surface area contributed by atoms with Gasteiger partial charge in [0.05, 0.1) is 5.69 Å². The molecule has 114 valence electrons. The number of hydrogen-bond acceptors (Lipinski definition) is 2. The molecule has 0 fully saturated rings. The van der Waals surface area contributed by atoms with Crippen molar-refractivity contribution >= 4 is 11.9 Å². The van der Waals surface area contributed by atoms with Gasteiger partial charge in [0.15, 0.2) is 0 Å². The number of ketones is 1. The molecule has 3 aromatic rings. The Hall–Kier alpha value is -3.07. The molecule has 0 amide bonds. The SMILES string of the molecule is O=C(/C=C/c1ccc(OCc2ccccc2)cc1)c1ccc[nH]1. The first-order valence-electron chi connectivity index (χ1n) is 7.44. The average molecular weight is 303 g/mol. The van der Waals surface area contributed by atoms with Crippen LogP contribution in [0.1, 0.15) is 21.6 Å². The van der Waals surface area contributed by atoms with Crippen molar-refractivity contribution in [1.29, 1.82) is 0 Å². The average Bonchev–Trinajstić information content (AvgIpc) is 3.14. The van der Waals surface area contributed by atoms with Crippen LogP contribution in [0, 0.1) is 0 Å². The highest BCUT2D eigenvalue weighted by molar-refractivity contribution is 6.05. The minimum Gasteiger partial charge on any atom is -0.489 e. The molecular weight excluding hydrogens is 286 g/mol. The first-order chi connectivity index (χ1) is 11.3. The van der Waals surface area contributed by atoms with Crippen LogP contribution in [-0.2, 0) is 6.61 Å². The summed E-state index contributed by atoms with van der Waals surface area (Å²) in [5.41, 5.74) is 2.68. The van der Waals surface area contributed by atoms with Gasteiger partial charge in [-0.25, -0.2) is 0 Å². The molecule has 1 N–H and O–H groups in total. The van der Waals surface area contributed by atoms with Gasteiger partial charge in [0.2, 0.25) is 5.78 Å². The van der Waals surface area contributed by atoms with Crippen molar-refractivity contribution in [3.8, 4) is 5.75 Å². The molecule has 0 saturated carbocycles. The summed E-state index contributed by atoms with van der Waals surface area (Å²) < 4.78 is 5.74. The predicted octanol–water partition coefficient (Wildman–Crippen LogP) is 4.49. The van der Waals surface area contributed by atoms with Crippen LogP contribution in [0.4, 0.5) is 0 Å². The third kappa shape index (κ3) is 4.20. The minimum absolute atomic E-state index is 0.0422. The van der Waals surface area contributed by atoms with E-state index in [0.717, 1.165) is 16.9 Å². The lowest BCUT2D eigenvalue weighted by molar-refractivity contribution is 0.104. The number of hydrogen-bond donors (Lipinski definition) is 1. The highest BCUT2D eigenvalue weighted by Gasteiger charge is 2.01. The number of rotatable bonds is 6.